The fourth-order valence-corrected chi connectivity index (χ4v) is 9.53. The van der Waals surface area contributed by atoms with Crippen molar-refractivity contribution in [2.45, 2.75) is 136 Å². The number of ether oxygens (including phenoxy) is 2. The molecule has 7 heteroatoms. The molecule has 7 nitrogen and oxygen atoms in total. The molecule has 0 spiro atoms. The minimum atomic E-state index is -1.34. The van der Waals surface area contributed by atoms with Gasteiger partial charge in [0, 0.05) is 6.42 Å². The molecule has 0 aromatic heterocycles. The summed E-state index contributed by atoms with van der Waals surface area (Å²) in [6, 6.07) is 0. The maximum absolute atomic E-state index is 12.7. The van der Waals surface area contributed by atoms with E-state index in [0.717, 1.165) is 38.5 Å². The zero-order valence-electron chi connectivity index (χ0n) is 25.3. The summed E-state index contributed by atoms with van der Waals surface area (Å²) in [5.74, 6) is 1.79. The first kappa shape index (κ1) is 30.4. The van der Waals surface area contributed by atoms with Crippen molar-refractivity contribution in [3.63, 3.8) is 0 Å². The highest BCUT2D eigenvalue weighted by atomic mass is 16.7. The maximum atomic E-state index is 12.7. The lowest BCUT2D eigenvalue weighted by molar-refractivity contribution is -0.315. The van der Waals surface area contributed by atoms with Crippen LogP contribution in [0.15, 0.2) is 23.3 Å². The number of allylic oxidation sites excluding steroid dienone is 4. The van der Waals surface area contributed by atoms with Crippen LogP contribution in [0.3, 0.4) is 0 Å². The zero-order valence-corrected chi connectivity index (χ0v) is 25.3. The van der Waals surface area contributed by atoms with Gasteiger partial charge >= 0.3 is 0 Å². The van der Waals surface area contributed by atoms with E-state index in [0.29, 0.717) is 36.5 Å². The normalized spacial score (nSPS) is 49.2. The molecule has 4 fully saturated rings. The third-order valence-corrected chi connectivity index (χ3v) is 11.7. The molecule has 7 unspecified atom stereocenters. The van der Waals surface area contributed by atoms with Crippen molar-refractivity contribution in [1.29, 1.82) is 0 Å². The summed E-state index contributed by atoms with van der Waals surface area (Å²) >= 11 is 0. The molecule has 13 atom stereocenters. The lowest BCUT2D eigenvalue weighted by Crippen LogP contribution is -2.60. The molecular formula is C33H52O7. The average molecular weight is 561 g/mol. The van der Waals surface area contributed by atoms with Crippen LogP contribution in [0.1, 0.15) is 92.9 Å². The Morgan fingerprint density at radius 3 is 2.50 bits per heavy atom. The highest BCUT2D eigenvalue weighted by Gasteiger charge is 2.60. The number of aliphatic hydroxyl groups excluding tert-OH is 4. The van der Waals surface area contributed by atoms with E-state index in [1.54, 1.807) is 6.92 Å². The van der Waals surface area contributed by atoms with Crippen molar-refractivity contribution in [3.05, 3.63) is 23.3 Å². The Balaban J connectivity index is 1.44. The standard InChI is InChI=1S/C33H52O7/c1-17(2)13-21(35)14-18(3)23-7-8-24-22-16-27(40-31-30(38)29(37)28(36)19(4)39-31)26-15-20(34)9-11-33(26,6)25(22)10-12-32(23,24)5/h10,14,17,19-20,22-24,26-31,34,36-38H,7-9,11-13,15-16H2,1-6H3/b18-14-/t19?,20-,22?,23?,24?,26+,27?,28+,29?,30?,31-,32+,33+/m0/s1. The highest BCUT2D eigenvalue weighted by Crippen LogP contribution is 2.66. The van der Waals surface area contributed by atoms with Gasteiger partial charge < -0.3 is 29.9 Å². The number of ketones is 1. The number of hydrogen-bond acceptors (Lipinski definition) is 7. The highest BCUT2D eigenvalue weighted by molar-refractivity contribution is 5.90. The van der Waals surface area contributed by atoms with Crippen LogP contribution in [-0.2, 0) is 14.3 Å². The summed E-state index contributed by atoms with van der Waals surface area (Å²) in [6.07, 6.45) is 5.07. The maximum Gasteiger partial charge on any atom is 0.186 e. The van der Waals surface area contributed by atoms with Crippen molar-refractivity contribution >= 4 is 5.78 Å². The lowest BCUT2D eigenvalue weighted by Gasteiger charge is -2.59. The predicted molar refractivity (Wildman–Crippen MR) is 152 cm³/mol. The molecule has 0 bridgehead atoms. The monoisotopic (exact) mass is 560 g/mol. The van der Waals surface area contributed by atoms with Crippen molar-refractivity contribution < 1.29 is 34.7 Å². The van der Waals surface area contributed by atoms with E-state index >= 15 is 0 Å². The van der Waals surface area contributed by atoms with Gasteiger partial charge in [-0.15, -0.1) is 0 Å². The van der Waals surface area contributed by atoms with Crippen molar-refractivity contribution in [2.24, 2.45) is 40.4 Å². The first-order valence-corrected chi connectivity index (χ1v) is 15.7. The summed E-state index contributed by atoms with van der Waals surface area (Å²) in [7, 11) is 0. The summed E-state index contributed by atoms with van der Waals surface area (Å²) in [4.78, 5) is 12.7. The molecule has 0 amide bonds. The van der Waals surface area contributed by atoms with Crippen LogP contribution in [0.4, 0.5) is 0 Å². The molecule has 226 valence electrons. The Hall–Kier alpha value is -1.09. The summed E-state index contributed by atoms with van der Waals surface area (Å²) in [5, 5.41) is 42.1. The summed E-state index contributed by atoms with van der Waals surface area (Å²) in [5.41, 5.74) is 2.66. The van der Waals surface area contributed by atoms with E-state index in [9.17, 15) is 25.2 Å². The van der Waals surface area contributed by atoms with Crippen molar-refractivity contribution in [3.8, 4) is 0 Å². The van der Waals surface area contributed by atoms with Crippen LogP contribution >= 0.6 is 0 Å². The van der Waals surface area contributed by atoms with E-state index in [-0.39, 0.29) is 34.7 Å². The number of aliphatic hydroxyl groups is 4. The van der Waals surface area contributed by atoms with Gasteiger partial charge in [-0.1, -0.05) is 44.9 Å². The minimum Gasteiger partial charge on any atom is -0.393 e. The molecule has 0 radical (unpaired) electrons. The second-order valence-electron chi connectivity index (χ2n) is 14.7. The molecule has 1 heterocycles. The number of fused-ring (bicyclic) bond motifs is 5. The molecule has 4 aliphatic carbocycles. The average Bonchev–Trinajstić information content (AvgIpc) is 3.24. The second-order valence-corrected chi connectivity index (χ2v) is 14.7. The van der Waals surface area contributed by atoms with Gasteiger partial charge in [-0.05, 0) is 105 Å². The molecule has 4 N–H and O–H groups in total. The van der Waals surface area contributed by atoms with E-state index in [1.807, 2.05) is 6.08 Å². The van der Waals surface area contributed by atoms with Crippen LogP contribution in [0, 0.1) is 40.4 Å². The number of carbonyl (C=O) groups is 1. The van der Waals surface area contributed by atoms with Gasteiger partial charge in [0.2, 0.25) is 0 Å². The van der Waals surface area contributed by atoms with E-state index in [1.165, 1.54) is 11.1 Å². The summed E-state index contributed by atoms with van der Waals surface area (Å²) < 4.78 is 12.5. The Bertz CT molecular complexity index is 1020. The Kier molecular flexibility index (Phi) is 8.50. The molecule has 1 aliphatic heterocycles. The van der Waals surface area contributed by atoms with E-state index < -0.39 is 30.7 Å². The zero-order chi connectivity index (χ0) is 29.1. The van der Waals surface area contributed by atoms with Gasteiger partial charge in [0.15, 0.2) is 12.1 Å². The van der Waals surface area contributed by atoms with Crippen LogP contribution in [0.2, 0.25) is 0 Å². The third-order valence-electron chi connectivity index (χ3n) is 11.7. The Labute approximate surface area is 240 Å². The van der Waals surface area contributed by atoms with Crippen LogP contribution in [0.5, 0.6) is 0 Å². The number of hydrogen-bond donors (Lipinski definition) is 4. The Morgan fingerprint density at radius 1 is 1.07 bits per heavy atom. The molecule has 5 aliphatic rings. The van der Waals surface area contributed by atoms with Gasteiger partial charge in [0.25, 0.3) is 0 Å². The molecule has 5 rings (SSSR count). The van der Waals surface area contributed by atoms with Crippen LogP contribution in [0.25, 0.3) is 0 Å². The van der Waals surface area contributed by atoms with E-state index in [4.69, 9.17) is 9.47 Å². The largest absolute Gasteiger partial charge is 0.393 e. The van der Waals surface area contributed by atoms with Crippen molar-refractivity contribution in [2.75, 3.05) is 0 Å². The topological polar surface area (TPSA) is 116 Å². The van der Waals surface area contributed by atoms with Crippen LogP contribution < -0.4 is 0 Å². The fourth-order valence-electron chi connectivity index (χ4n) is 9.53. The predicted octanol–water partition coefficient (Wildman–Crippen LogP) is 4.31. The van der Waals surface area contributed by atoms with E-state index in [2.05, 4.69) is 40.7 Å². The summed E-state index contributed by atoms with van der Waals surface area (Å²) in [6.45, 7) is 12.7. The molecule has 0 aromatic carbocycles. The number of carbonyl (C=O) groups excluding carboxylic acids is 1. The smallest absolute Gasteiger partial charge is 0.186 e. The van der Waals surface area contributed by atoms with Crippen molar-refractivity contribution in [1.82, 2.24) is 0 Å². The third kappa shape index (κ3) is 5.17. The van der Waals surface area contributed by atoms with Gasteiger partial charge in [0.1, 0.15) is 18.3 Å². The molecule has 1 saturated heterocycles. The SMILES string of the molecule is C/C(=C/C(=O)CC(C)C)C1CCC2C3CC(O[C@@H]4OC(C)[C@@H](O)C(O)C4O)[C@H]4C[C@@H](O)CC[C@]4(C)C3=CC[C@]12C. The number of rotatable bonds is 6. The molecule has 40 heavy (non-hydrogen) atoms. The van der Waals surface area contributed by atoms with Gasteiger partial charge in [0.05, 0.1) is 18.3 Å². The van der Waals surface area contributed by atoms with Gasteiger partial charge in [-0.3, -0.25) is 4.79 Å². The van der Waals surface area contributed by atoms with Gasteiger partial charge in [-0.2, -0.15) is 0 Å². The molecular weight excluding hydrogens is 508 g/mol. The second kappa shape index (κ2) is 11.2. The quantitative estimate of drug-likeness (QED) is 0.283. The Morgan fingerprint density at radius 2 is 1.80 bits per heavy atom. The van der Waals surface area contributed by atoms with Crippen LogP contribution in [-0.4, -0.2) is 69.1 Å². The fraction of sp³-hybridized carbons (Fsp3) is 0.848. The van der Waals surface area contributed by atoms with Gasteiger partial charge in [-0.25, -0.2) is 0 Å². The molecule has 3 saturated carbocycles. The minimum absolute atomic E-state index is 0.0600. The first-order chi connectivity index (χ1) is 18.8. The lowest BCUT2D eigenvalue weighted by atomic mass is 9.48. The first-order valence-electron chi connectivity index (χ1n) is 15.7. The molecule has 0 aromatic rings.